The zero-order valence-electron chi connectivity index (χ0n) is 17.0. The van der Waals surface area contributed by atoms with Gasteiger partial charge in [-0.15, -0.1) is 0 Å². The highest BCUT2D eigenvalue weighted by molar-refractivity contribution is 6.31. The van der Waals surface area contributed by atoms with Crippen molar-refractivity contribution in [2.45, 2.75) is 20.4 Å². The fraction of sp³-hybridized carbons (Fsp3) is 0.174. The highest BCUT2D eigenvalue weighted by atomic mass is 35.5. The number of nitrogens with zero attached hydrogens (tertiary/aromatic N) is 2. The molecule has 6 nitrogen and oxygen atoms in total. The Labute approximate surface area is 182 Å². The van der Waals surface area contributed by atoms with Gasteiger partial charge in [-0.2, -0.15) is 0 Å². The summed E-state index contributed by atoms with van der Waals surface area (Å²) >= 11 is 6.21. The van der Waals surface area contributed by atoms with Gasteiger partial charge in [0.2, 0.25) is 0 Å². The minimum Gasteiger partial charge on any atom is -0.351 e. The van der Waals surface area contributed by atoms with E-state index in [2.05, 4.69) is 15.3 Å². The second kappa shape index (κ2) is 8.35. The van der Waals surface area contributed by atoms with Crippen molar-refractivity contribution in [3.05, 3.63) is 86.8 Å². The lowest BCUT2D eigenvalue weighted by Gasteiger charge is -2.13. The molecule has 0 bridgehead atoms. The molecule has 0 aliphatic rings. The number of nitrogens with one attached hydrogen (secondary N) is 2. The van der Waals surface area contributed by atoms with Crippen LogP contribution in [0.15, 0.2) is 53.6 Å². The Morgan fingerprint density at radius 1 is 1.29 bits per heavy atom. The lowest BCUT2D eigenvalue weighted by atomic mass is 10.0. The zero-order chi connectivity index (χ0) is 22.1. The van der Waals surface area contributed by atoms with Crippen LogP contribution in [0.3, 0.4) is 0 Å². The first kappa shape index (κ1) is 20.8. The maximum Gasteiger partial charge on any atom is 0.268 e. The fourth-order valence-electron chi connectivity index (χ4n) is 3.72. The molecule has 0 saturated carbocycles. The standard InChI is InChI=1S/C23H20ClFN4O2/c1-3-26-23(31)20-19(16-5-4-8-27-22(16)30)17-10-15(24)11-28-21(17)29(20)12-14-9-13(2)6-7-18(14)25/h4-11H,3,12H2,1-2H3,(H,26,31)(H,27,30). The molecule has 3 heterocycles. The summed E-state index contributed by atoms with van der Waals surface area (Å²) in [6.07, 6.45) is 2.98. The van der Waals surface area contributed by atoms with Gasteiger partial charge < -0.3 is 14.9 Å². The number of carbonyl (C=O) groups is 1. The van der Waals surface area contributed by atoms with Gasteiger partial charge in [0.05, 0.1) is 11.6 Å². The summed E-state index contributed by atoms with van der Waals surface area (Å²) in [6, 6.07) is 9.79. The minimum atomic E-state index is -0.387. The molecule has 8 heteroatoms. The summed E-state index contributed by atoms with van der Waals surface area (Å²) in [6.45, 7) is 4.12. The number of amides is 1. The number of aromatic amines is 1. The van der Waals surface area contributed by atoms with Crippen molar-refractivity contribution in [3.8, 4) is 11.1 Å². The highest BCUT2D eigenvalue weighted by Crippen LogP contribution is 2.34. The van der Waals surface area contributed by atoms with E-state index in [1.165, 1.54) is 18.5 Å². The predicted octanol–water partition coefficient (Wildman–Crippen LogP) is 4.29. The molecule has 31 heavy (non-hydrogen) atoms. The number of fused-ring (bicyclic) bond motifs is 1. The average Bonchev–Trinajstić information content (AvgIpc) is 3.04. The van der Waals surface area contributed by atoms with Gasteiger partial charge in [0.1, 0.15) is 17.2 Å². The first-order chi connectivity index (χ1) is 14.9. The third-order valence-corrected chi connectivity index (χ3v) is 5.24. The summed E-state index contributed by atoms with van der Waals surface area (Å²) in [5.74, 6) is -0.773. The lowest BCUT2D eigenvalue weighted by molar-refractivity contribution is 0.0948. The Bertz CT molecular complexity index is 1360. The van der Waals surface area contributed by atoms with E-state index in [9.17, 15) is 14.0 Å². The number of H-pyrrole nitrogens is 1. The summed E-state index contributed by atoms with van der Waals surface area (Å²) in [5, 5.41) is 3.70. The van der Waals surface area contributed by atoms with E-state index in [0.717, 1.165) is 5.56 Å². The van der Waals surface area contributed by atoms with E-state index in [1.807, 2.05) is 6.92 Å². The first-order valence-electron chi connectivity index (χ1n) is 9.79. The number of aryl methyl sites for hydroxylation is 1. The largest absolute Gasteiger partial charge is 0.351 e. The molecule has 2 N–H and O–H groups in total. The molecule has 0 aliphatic heterocycles. The lowest BCUT2D eigenvalue weighted by Crippen LogP contribution is -2.27. The highest BCUT2D eigenvalue weighted by Gasteiger charge is 2.26. The Balaban J connectivity index is 2.08. The molecule has 158 valence electrons. The minimum absolute atomic E-state index is 0.0653. The van der Waals surface area contributed by atoms with Crippen LogP contribution >= 0.6 is 11.6 Å². The molecule has 4 aromatic rings. The molecule has 0 fully saturated rings. The molecule has 4 rings (SSSR count). The monoisotopic (exact) mass is 438 g/mol. The number of hydrogen-bond donors (Lipinski definition) is 2. The van der Waals surface area contributed by atoms with Crippen LogP contribution in [0.4, 0.5) is 4.39 Å². The summed E-state index contributed by atoms with van der Waals surface area (Å²) in [7, 11) is 0. The molecule has 1 aromatic carbocycles. The number of hydrogen-bond acceptors (Lipinski definition) is 3. The Morgan fingerprint density at radius 2 is 2.10 bits per heavy atom. The van der Waals surface area contributed by atoms with Crippen LogP contribution in [0.1, 0.15) is 28.5 Å². The maximum atomic E-state index is 14.6. The maximum absolute atomic E-state index is 14.6. The van der Waals surface area contributed by atoms with Gasteiger partial charge >= 0.3 is 0 Å². The molecule has 0 radical (unpaired) electrons. The van der Waals surface area contributed by atoms with Crippen LogP contribution in [0.25, 0.3) is 22.2 Å². The molecular formula is C23H20ClFN4O2. The molecule has 0 unspecified atom stereocenters. The van der Waals surface area contributed by atoms with Crippen LogP contribution in [-0.4, -0.2) is 27.0 Å². The molecule has 0 spiro atoms. The van der Waals surface area contributed by atoms with Crippen molar-refractivity contribution in [1.29, 1.82) is 0 Å². The van der Waals surface area contributed by atoms with Crippen LogP contribution in [0.2, 0.25) is 5.02 Å². The van der Waals surface area contributed by atoms with Crippen molar-refractivity contribution in [2.75, 3.05) is 6.54 Å². The van der Waals surface area contributed by atoms with Crippen molar-refractivity contribution in [1.82, 2.24) is 19.9 Å². The van der Waals surface area contributed by atoms with Crippen molar-refractivity contribution < 1.29 is 9.18 Å². The SMILES string of the molecule is CCNC(=O)c1c(-c2ccc[nH]c2=O)c2cc(Cl)cnc2n1Cc1cc(C)ccc1F. The Hall–Kier alpha value is -3.45. The third-order valence-electron chi connectivity index (χ3n) is 5.03. The Kier molecular flexibility index (Phi) is 5.61. The number of halogens is 2. The number of benzene rings is 1. The van der Waals surface area contributed by atoms with Gasteiger partial charge in [0, 0.05) is 41.0 Å². The molecule has 0 saturated heterocycles. The zero-order valence-corrected chi connectivity index (χ0v) is 17.8. The number of carbonyl (C=O) groups excluding carboxylic acids is 1. The second-order valence-electron chi connectivity index (χ2n) is 7.20. The number of pyridine rings is 2. The van der Waals surface area contributed by atoms with Crippen molar-refractivity contribution >= 4 is 28.5 Å². The molecule has 3 aromatic heterocycles. The van der Waals surface area contributed by atoms with Crippen molar-refractivity contribution in [2.24, 2.45) is 0 Å². The van der Waals surface area contributed by atoms with Gasteiger partial charge in [-0.1, -0.05) is 29.3 Å². The third kappa shape index (κ3) is 3.84. The van der Waals surface area contributed by atoms with Gasteiger partial charge in [-0.05, 0) is 38.1 Å². The van der Waals surface area contributed by atoms with E-state index in [-0.39, 0.29) is 29.5 Å². The number of aromatic nitrogens is 3. The molecule has 0 atom stereocenters. The quantitative estimate of drug-likeness (QED) is 0.487. The van der Waals surface area contributed by atoms with E-state index < -0.39 is 0 Å². The van der Waals surface area contributed by atoms with Gasteiger partial charge in [-0.25, -0.2) is 9.37 Å². The summed E-state index contributed by atoms with van der Waals surface area (Å²) in [4.78, 5) is 32.9. The fourth-order valence-corrected chi connectivity index (χ4v) is 3.88. The van der Waals surface area contributed by atoms with Crippen LogP contribution in [-0.2, 0) is 6.54 Å². The average molecular weight is 439 g/mol. The van der Waals surface area contributed by atoms with Gasteiger partial charge in [0.15, 0.2) is 0 Å². The van der Waals surface area contributed by atoms with E-state index in [1.54, 1.807) is 41.8 Å². The van der Waals surface area contributed by atoms with Crippen LogP contribution in [0.5, 0.6) is 0 Å². The summed E-state index contributed by atoms with van der Waals surface area (Å²) < 4.78 is 16.2. The molecule has 1 amide bonds. The topological polar surface area (TPSA) is 79.8 Å². The smallest absolute Gasteiger partial charge is 0.268 e. The summed E-state index contributed by atoms with van der Waals surface area (Å²) in [5.41, 5.74) is 2.32. The van der Waals surface area contributed by atoms with Crippen molar-refractivity contribution in [3.63, 3.8) is 0 Å². The Morgan fingerprint density at radius 3 is 2.84 bits per heavy atom. The van der Waals surface area contributed by atoms with E-state index >= 15 is 0 Å². The van der Waals surface area contributed by atoms with Crippen LogP contribution in [0, 0.1) is 12.7 Å². The van der Waals surface area contributed by atoms with E-state index in [0.29, 0.717) is 39.3 Å². The molecular weight excluding hydrogens is 419 g/mol. The normalized spacial score (nSPS) is 11.1. The number of rotatable bonds is 5. The molecule has 0 aliphatic carbocycles. The van der Waals surface area contributed by atoms with Gasteiger partial charge in [0.25, 0.3) is 11.5 Å². The first-order valence-corrected chi connectivity index (χ1v) is 10.2. The second-order valence-corrected chi connectivity index (χ2v) is 7.64. The predicted molar refractivity (Wildman–Crippen MR) is 119 cm³/mol. The van der Waals surface area contributed by atoms with Crippen LogP contribution < -0.4 is 10.9 Å². The van der Waals surface area contributed by atoms with Gasteiger partial charge in [-0.3, -0.25) is 9.59 Å². The van der Waals surface area contributed by atoms with E-state index in [4.69, 9.17) is 11.6 Å².